The Bertz CT molecular complexity index is 3580. The van der Waals surface area contributed by atoms with Crippen molar-refractivity contribution in [3.05, 3.63) is 214 Å². The number of halogens is 4. The number of carboxylic acids is 1. The molecule has 0 saturated heterocycles. The molecular formula is C71H90BrCl3K2N6O12. The Labute approximate surface area is 671 Å². The molecule has 506 valence electrons. The summed E-state index contributed by atoms with van der Waals surface area (Å²) in [4.78, 5) is 46.1. The van der Waals surface area contributed by atoms with Crippen LogP contribution in [0.2, 0.25) is 15.1 Å². The summed E-state index contributed by atoms with van der Waals surface area (Å²) in [6.07, 6.45) is 10.3. The molecule has 95 heavy (non-hydrogen) atoms. The maximum absolute atomic E-state index is 12.4. The number of unbranched alkanes of at least 4 members (excludes halogenated alkanes) is 3. The predicted octanol–water partition coefficient (Wildman–Crippen LogP) is 12.2. The Hall–Kier alpha value is -5.19. The molecule has 0 fully saturated rings. The summed E-state index contributed by atoms with van der Waals surface area (Å²) in [5.74, 6) is -0.659. The minimum absolute atomic E-state index is 0. The van der Waals surface area contributed by atoms with Crippen molar-refractivity contribution >= 4 is 75.1 Å². The number of hydrogen-bond acceptors (Lipinski definition) is 14. The number of carboxylic acid groups (broad SMARTS) is 1. The molecule has 0 aliphatic rings. The fourth-order valence-corrected chi connectivity index (χ4v) is 9.17. The minimum atomic E-state index is -1.12. The second-order valence-electron chi connectivity index (χ2n) is 19.1. The summed E-state index contributed by atoms with van der Waals surface area (Å²) in [7, 11) is 2.72. The second kappa shape index (κ2) is 52.0. The van der Waals surface area contributed by atoms with E-state index in [9.17, 15) is 24.6 Å². The van der Waals surface area contributed by atoms with E-state index in [0.717, 1.165) is 80.7 Å². The van der Waals surface area contributed by atoms with Gasteiger partial charge >= 0.3 is 121 Å². The quantitative estimate of drug-likeness (QED) is 0.0151. The van der Waals surface area contributed by atoms with Crippen molar-refractivity contribution in [3.8, 4) is 51.0 Å². The van der Waals surface area contributed by atoms with Crippen LogP contribution in [0.5, 0.6) is 17.2 Å². The van der Waals surface area contributed by atoms with E-state index in [-0.39, 0.29) is 164 Å². The van der Waals surface area contributed by atoms with Crippen LogP contribution in [0.25, 0.3) is 33.8 Å². The summed E-state index contributed by atoms with van der Waals surface area (Å²) < 4.78 is 27.2. The van der Waals surface area contributed by atoms with Crippen LogP contribution in [-0.2, 0) is 53.2 Å². The van der Waals surface area contributed by atoms with Gasteiger partial charge in [-0.25, -0.2) is 9.59 Å². The summed E-state index contributed by atoms with van der Waals surface area (Å²) in [5.41, 5.74) is 6.44. The smallest absolute Gasteiger partial charge is 1.00 e. The van der Waals surface area contributed by atoms with Gasteiger partial charge in [0.05, 0.1) is 31.3 Å². The fraction of sp³-hybridized carbons (Fsp3) is 0.310. The van der Waals surface area contributed by atoms with E-state index in [1.165, 1.54) is 14.2 Å². The number of ether oxygens (including phenoxy) is 4. The van der Waals surface area contributed by atoms with Gasteiger partial charge in [0.2, 0.25) is 12.2 Å². The number of nitrogens with zero attached hydrogens (tertiary/aromatic N) is 6. The van der Waals surface area contributed by atoms with Crippen LogP contribution >= 0.6 is 50.7 Å². The first kappa shape index (κ1) is 94.0. The Kier molecular flexibility index (Phi) is 51.4. The van der Waals surface area contributed by atoms with Gasteiger partial charge in [0.15, 0.2) is 0 Å². The van der Waals surface area contributed by atoms with Gasteiger partial charge < -0.3 is 40.7 Å². The van der Waals surface area contributed by atoms with Gasteiger partial charge in [-0.2, -0.15) is 15.3 Å². The summed E-state index contributed by atoms with van der Waals surface area (Å²) >= 11 is 21.5. The minimum Gasteiger partial charge on any atom is -1.00 e. The molecule has 0 saturated carbocycles. The molecule has 3 aromatic heterocycles. The molecule has 3 unspecified atom stereocenters. The largest absolute Gasteiger partial charge is 1.00 e. The summed E-state index contributed by atoms with van der Waals surface area (Å²) in [6.45, 7) is 8.81. The standard InChI is InChI=1S/C22H23ClN2O3.C21H21ClN2O3.C13H15ClN2O.C9H9BrO2.CH2O3.5CH4.2K.H/c1-3-4-13-25-14-12-19(24-25)18-15-17(23)10-11-20(18)28-21(22(26)27-2)16-8-6-5-7-9-16;1-2-3-12-24-13-11-18(23-24)17-14-16(22)9-10-19(17)27-20(21(25)26)15-7-5-4-6-8-15;1-2-3-7-16-8-6-12(15-16)11-9-10(14)4-5-13(11)17;1-12-9(11)8(10)7-5-3-2-4-6-7;2-1-4-3;;;;;;;;/h5-12,14-15,21H,3-4,13H2,1-2H3;4-11,13-14,20H,2-3,12H2,1H3,(H,25,26);4-6,8-9,17H,2-3,7H2,1H3;2-6,8H,1H3;1,3H;5*1H4;;;/q;;;;;;;;;;2*+1;-1/p-1. The van der Waals surface area contributed by atoms with Gasteiger partial charge in [-0.1, -0.05) is 219 Å². The van der Waals surface area contributed by atoms with E-state index in [2.05, 4.69) is 61.6 Å². The second-order valence-corrected chi connectivity index (χ2v) is 21.3. The summed E-state index contributed by atoms with van der Waals surface area (Å²) in [5, 5.41) is 43.2. The normalized spacial score (nSPS) is 10.5. The number of rotatable bonds is 23. The molecule has 0 aliphatic carbocycles. The number of aliphatic carboxylic acids is 1. The van der Waals surface area contributed by atoms with Gasteiger partial charge in [-0.15, -0.1) is 0 Å². The van der Waals surface area contributed by atoms with Crippen LogP contribution in [0, 0.1) is 0 Å². The van der Waals surface area contributed by atoms with E-state index in [4.69, 9.17) is 59.1 Å². The van der Waals surface area contributed by atoms with Crippen LogP contribution in [0.3, 0.4) is 0 Å². The first-order valence-corrected chi connectivity index (χ1v) is 30.0. The van der Waals surface area contributed by atoms with Crippen molar-refractivity contribution in [1.82, 2.24) is 29.3 Å². The van der Waals surface area contributed by atoms with Crippen molar-refractivity contribution in [2.75, 3.05) is 14.2 Å². The molecule has 3 heterocycles. The van der Waals surface area contributed by atoms with Crippen LogP contribution < -0.4 is 118 Å². The third-order valence-electron chi connectivity index (χ3n) is 12.7. The first-order chi connectivity index (χ1) is 42.6. The van der Waals surface area contributed by atoms with Crippen molar-refractivity contribution in [2.24, 2.45) is 0 Å². The molecule has 0 amide bonds. The molecule has 24 heteroatoms. The zero-order chi connectivity index (χ0) is 63.8. The molecule has 0 bridgehead atoms. The molecule has 9 aromatic rings. The zero-order valence-corrected chi connectivity index (χ0v) is 61.3. The number of carbonyl (C=O) groups is 4. The van der Waals surface area contributed by atoms with E-state index >= 15 is 0 Å². The number of esters is 2. The third-order valence-corrected chi connectivity index (χ3v) is 14.3. The number of phenolic OH excluding ortho intramolecular Hbond substituents is 1. The zero-order valence-electron chi connectivity index (χ0n) is 52.2. The number of hydrogen-bond donors (Lipinski definition) is 2. The Morgan fingerprint density at radius 2 is 0.853 bits per heavy atom. The SMILES string of the molecule is C.C.C.C.C.CCCCn1ccc(-c2cc(Cl)ccc2O)n1.CCCCn1ccc(-c2cc(Cl)ccc2OC(C(=O)O)c2ccccc2)n1.CCCCn1ccc(-c2cc(Cl)ccc2OC(C(=O)OC)c2ccccc2)n1.COC(=O)C(Br)c1ccccc1.O=CO[O-].[H-].[K+].[K+]. The number of alkyl halides is 1. The van der Waals surface area contributed by atoms with E-state index in [0.29, 0.717) is 54.5 Å². The Morgan fingerprint density at radius 1 is 0.526 bits per heavy atom. The number of methoxy groups -OCH3 is 2. The molecule has 0 aliphatic heterocycles. The van der Waals surface area contributed by atoms with Gasteiger partial charge in [-0.05, 0) is 97.6 Å². The molecule has 9 rings (SSSR count). The average molecular weight is 1480 g/mol. The number of aromatic nitrogens is 6. The Morgan fingerprint density at radius 3 is 1.20 bits per heavy atom. The first-order valence-electron chi connectivity index (χ1n) is 28.0. The molecule has 18 nitrogen and oxygen atoms in total. The molecule has 3 atom stereocenters. The number of carbonyl (C=O) groups excluding carboxylic acids is 3. The van der Waals surface area contributed by atoms with E-state index in [1.54, 1.807) is 78.9 Å². The summed E-state index contributed by atoms with van der Waals surface area (Å²) in [6, 6.07) is 48.6. The molecule has 0 spiro atoms. The van der Waals surface area contributed by atoms with Gasteiger partial charge in [-0.3, -0.25) is 23.6 Å². The van der Waals surface area contributed by atoms with Gasteiger partial charge in [0, 0.05) is 81.1 Å². The van der Waals surface area contributed by atoms with Crippen molar-refractivity contribution in [3.63, 3.8) is 0 Å². The fourth-order valence-electron chi connectivity index (χ4n) is 8.17. The number of benzene rings is 6. The topological polar surface area (TPSA) is 231 Å². The number of phenols is 1. The molecular weight excluding hydrogens is 1390 g/mol. The van der Waals surface area contributed by atoms with E-state index < -0.39 is 24.1 Å². The van der Waals surface area contributed by atoms with Crippen molar-refractivity contribution in [1.29, 1.82) is 0 Å². The van der Waals surface area contributed by atoms with Crippen molar-refractivity contribution < 1.29 is 163 Å². The molecule has 2 N–H and O–H groups in total. The maximum atomic E-state index is 12.4. The van der Waals surface area contributed by atoms with Gasteiger partial charge in [0.25, 0.3) is 6.47 Å². The molecule has 0 radical (unpaired) electrons. The van der Waals surface area contributed by atoms with Crippen LogP contribution in [0.4, 0.5) is 0 Å². The third kappa shape index (κ3) is 31.5. The van der Waals surface area contributed by atoms with Crippen LogP contribution in [0.15, 0.2) is 182 Å². The van der Waals surface area contributed by atoms with Crippen LogP contribution in [0.1, 0.15) is 132 Å². The van der Waals surface area contributed by atoms with Gasteiger partial charge in [0.1, 0.15) is 22.1 Å². The van der Waals surface area contributed by atoms with E-state index in [1.807, 2.05) is 118 Å². The maximum Gasteiger partial charge on any atom is 1.00 e. The monoisotopic (exact) mass is 1480 g/mol. The predicted molar refractivity (Wildman–Crippen MR) is 376 cm³/mol. The number of aromatic hydroxyl groups is 1. The molecule has 6 aromatic carbocycles. The van der Waals surface area contributed by atoms with Crippen LogP contribution in [-0.4, -0.2) is 78.2 Å². The van der Waals surface area contributed by atoms with Crippen molar-refractivity contribution in [2.45, 2.75) is 133 Å². The average Bonchev–Trinajstić information content (AvgIpc) is 1.47. The number of aryl methyl sites for hydroxylation is 3. The Balaban J connectivity index is -0.000000582.